The van der Waals surface area contributed by atoms with Crippen LogP contribution in [0.25, 0.3) is 0 Å². The third kappa shape index (κ3) is 2.64. The quantitative estimate of drug-likeness (QED) is 0.875. The summed E-state index contributed by atoms with van der Waals surface area (Å²) in [6.07, 6.45) is 0. The van der Waals surface area contributed by atoms with E-state index in [4.69, 9.17) is 28.9 Å². The molecule has 0 heterocycles. The van der Waals surface area contributed by atoms with Gasteiger partial charge >= 0.3 is 0 Å². The van der Waals surface area contributed by atoms with Gasteiger partial charge in [0.15, 0.2) is 0 Å². The molecule has 0 radical (unpaired) electrons. The SMILES string of the molecule is NC(c1cc(F)cc(F)c1)c1c(Cl)cccc1Cl. The number of hydrogen-bond donors (Lipinski definition) is 1. The van der Waals surface area contributed by atoms with Crippen LogP contribution < -0.4 is 5.73 Å². The first-order valence-electron chi connectivity index (χ1n) is 5.14. The molecule has 2 rings (SSSR count). The molecule has 2 aromatic rings. The fraction of sp³-hybridized carbons (Fsp3) is 0.0769. The maximum Gasteiger partial charge on any atom is 0.126 e. The lowest BCUT2D eigenvalue weighted by molar-refractivity contribution is 0.577. The van der Waals surface area contributed by atoms with Crippen molar-refractivity contribution in [1.82, 2.24) is 0 Å². The standard InChI is InChI=1S/C13H9Cl2F2N/c14-10-2-1-3-11(15)12(10)13(18)7-4-8(16)6-9(17)5-7/h1-6,13H,18H2. The van der Waals surface area contributed by atoms with Gasteiger partial charge in [0.25, 0.3) is 0 Å². The summed E-state index contributed by atoms with van der Waals surface area (Å²) in [6, 6.07) is 7.24. The molecule has 1 unspecified atom stereocenters. The van der Waals surface area contributed by atoms with Crippen LogP contribution in [0.2, 0.25) is 10.0 Å². The van der Waals surface area contributed by atoms with E-state index in [1.165, 1.54) is 0 Å². The monoisotopic (exact) mass is 287 g/mol. The molecule has 2 N–H and O–H groups in total. The van der Waals surface area contributed by atoms with Crippen molar-refractivity contribution < 1.29 is 8.78 Å². The zero-order chi connectivity index (χ0) is 13.3. The molecule has 18 heavy (non-hydrogen) atoms. The number of halogens is 4. The second-order valence-corrected chi connectivity index (χ2v) is 4.63. The lowest BCUT2D eigenvalue weighted by atomic mass is 9.99. The Morgan fingerprint density at radius 1 is 0.944 bits per heavy atom. The van der Waals surface area contributed by atoms with Crippen LogP contribution in [0.3, 0.4) is 0 Å². The summed E-state index contributed by atoms with van der Waals surface area (Å²) in [5, 5.41) is 0.722. The van der Waals surface area contributed by atoms with Crippen LogP contribution in [0.5, 0.6) is 0 Å². The number of hydrogen-bond acceptors (Lipinski definition) is 1. The second kappa shape index (κ2) is 5.22. The molecule has 1 nitrogen and oxygen atoms in total. The Kier molecular flexibility index (Phi) is 3.85. The van der Waals surface area contributed by atoms with Crippen molar-refractivity contribution in [2.45, 2.75) is 6.04 Å². The highest BCUT2D eigenvalue weighted by molar-refractivity contribution is 6.36. The molecule has 0 bridgehead atoms. The third-order valence-electron chi connectivity index (χ3n) is 2.55. The Labute approximate surface area is 113 Å². The molecule has 0 saturated heterocycles. The van der Waals surface area contributed by atoms with Crippen molar-refractivity contribution in [3.8, 4) is 0 Å². The van der Waals surface area contributed by atoms with Crippen LogP contribution in [0.1, 0.15) is 17.2 Å². The smallest absolute Gasteiger partial charge is 0.126 e. The molecule has 0 aliphatic heterocycles. The summed E-state index contributed by atoms with van der Waals surface area (Å²) in [5.41, 5.74) is 6.68. The minimum absolute atomic E-state index is 0.280. The first-order chi connectivity index (χ1) is 8.49. The molecule has 5 heteroatoms. The van der Waals surface area contributed by atoms with E-state index < -0.39 is 17.7 Å². The van der Waals surface area contributed by atoms with Crippen molar-refractivity contribution in [3.63, 3.8) is 0 Å². The average Bonchev–Trinajstić information content (AvgIpc) is 2.27. The Bertz CT molecular complexity index is 547. The van der Waals surface area contributed by atoms with Crippen LogP contribution >= 0.6 is 23.2 Å². The Morgan fingerprint density at radius 2 is 1.44 bits per heavy atom. The lowest BCUT2D eigenvalue weighted by Gasteiger charge is -2.16. The minimum atomic E-state index is -0.781. The lowest BCUT2D eigenvalue weighted by Crippen LogP contribution is -2.13. The van der Waals surface area contributed by atoms with Crippen molar-refractivity contribution in [2.75, 3.05) is 0 Å². The van der Waals surface area contributed by atoms with E-state index in [9.17, 15) is 8.78 Å². The highest BCUT2D eigenvalue weighted by Crippen LogP contribution is 2.32. The molecule has 0 aromatic heterocycles. The highest BCUT2D eigenvalue weighted by Gasteiger charge is 2.17. The molecule has 0 fully saturated rings. The zero-order valence-electron chi connectivity index (χ0n) is 9.13. The van der Waals surface area contributed by atoms with Crippen LogP contribution in [0.4, 0.5) is 8.78 Å². The van der Waals surface area contributed by atoms with E-state index in [2.05, 4.69) is 0 Å². The molecule has 0 aliphatic carbocycles. The van der Waals surface area contributed by atoms with Gasteiger partial charge in [-0.3, -0.25) is 0 Å². The van der Waals surface area contributed by atoms with Gasteiger partial charge in [0.2, 0.25) is 0 Å². The third-order valence-corrected chi connectivity index (χ3v) is 3.21. The number of nitrogens with two attached hydrogens (primary N) is 1. The average molecular weight is 288 g/mol. The molecule has 2 aromatic carbocycles. The van der Waals surface area contributed by atoms with E-state index >= 15 is 0 Å². The topological polar surface area (TPSA) is 26.0 Å². The molecule has 0 amide bonds. The molecule has 0 saturated carbocycles. The molecule has 0 spiro atoms. The predicted octanol–water partition coefficient (Wildman–Crippen LogP) is 4.32. The molecule has 0 aliphatic rings. The molecule has 1 atom stereocenters. The Balaban J connectivity index is 2.51. The fourth-order valence-electron chi connectivity index (χ4n) is 1.73. The maximum atomic E-state index is 13.1. The summed E-state index contributed by atoms with van der Waals surface area (Å²) in [6.45, 7) is 0. The molecular formula is C13H9Cl2F2N. The van der Waals surface area contributed by atoms with Crippen molar-refractivity contribution in [2.24, 2.45) is 5.73 Å². The summed E-state index contributed by atoms with van der Waals surface area (Å²) >= 11 is 12.0. The van der Waals surface area contributed by atoms with Gasteiger partial charge in [-0.25, -0.2) is 8.78 Å². The first-order valence-corrected chi connectivity index (χ1v) is 5.90. The highest BCUT2D eigenvalue weighted by atomic mass is 35.5. The second-order valence-electron chi connectivity index (χ2n) is 3.82. The van der Waals surface area contributed by atoms with Crippen LogP contribution in [0.15, 0.2) is 36.4 Å². The summed E-state index contributed by atoms with van der Waals surface area (Å²) < 4.78 is 26.3. The van der Waals surface area contributed by atoms with Gasteiger partial charge in [-0.2, -0.15) is 0 Å². The normalized spacial score (nSPS) is 12.5. The maximum absolute atomic E-state index is 13.1. The van der Waals surface area contributed by atoms with E-state index in [1.807, 2.05) is 0 Å². The van der Waals surface area contributed by atoms with E-state index in [1.54, 1.807) is 18.2 Å². The van der Waals surface area contributed by atoms with Gasteiger partial charge in [0.05, 0.1) is 6.04 Å². The zero-order valence-corrected chi connectivity index (χ0v) is 10.6. The summed E-state index contributed by atoms with van der Waals surface area (Å²) in [7, 11) is 0. The predicted molar refractivity (Wildman–Crippen MR) is 68.9 cm³/mol. The molecule has 94 valence electrons. The van der Waals surface area contributed by atoms with Crippen LogP contribution in [-0.2, 0) is 0 Å². The first kappa shape index (κ1) is 13.3. The Morgan fingerprint density at radius 3 is 1.94 bits per heavy atom. The van der Waals surface area contributed by atoms with E-state index in [0.29, 0.717) is 15.6 Å². The number of benzene rings is 2. The van der Waals surface area contributed by atoms with E-state index in [0.717, 1.165) is 18.2 Å². The van der Waals surface area contributed by atoms with Crippen LogP contribution in [-0.4, -0.2) is 0 Å². The largest absolute Gasteiger partial charge is 0.320 e. The summed E-state index contributed by atoms with van der Waals surface area (Å²) in [4.78, 5) is 0. The van der Waals surface area contributed by atoms with Gasteiger partial charge in [-0.05, 0) is 29.8 Å². The number of rotatable bonds is 2. The minimum Gasteiger partial charge on any atom is -0.320 e. The summed E-state index contributed by atoms with van der Waals surface area (Å²) in [5.74, 6) is -1.38. The van der Waals surface area contributed by atoms with Crippen molar-refractivity contribution in [1.29, 1.82) is 0 Å². The van der Waals surface area contributed by atoms with Crippen molar-refractivity contribution >= 4 is 23.2 Å². The van der Waals surface area contributed by atoms with E-state index in [-0.39, 0.29) is 5.56 Å². The fourth-order valence-corrected chi connectivity index (χ4v) is 2.36. The van der Waals surface area contributed by atoms with Gasteiger partial charge in [0.1, 0.15) is 11.6 Å². The van der Waals surface area contributed by atoms with Gasteiger partial charge in [-0.15, -0.1) is 0 Å². The Hall–Kier alpha value is -1.16. The van der Waals surface area contributed by atoms with Gasteiger partial charge in [0, 0.05) is 21.7 Å². The van der Waals surface area contributed by atoms with Gasteiger partial charge < -0.3 is 5.73 Å². The van der Waals surface area contributed by atoms with Crippen LogP contribution in [0, 0.1) is 11.6 Å². The van der Waals surface area contributed by atoms with Gasteiger partial charge in [-0.1, -0.05) is 29.3 Å². The molecular weight excluding hydrogens is 279 g/mol. The van der Waals surface area contributed by atoms with Crippen molar-refractivity contribution in [3.05, 3.63) is 69.2 Å².